The number of nitrogens with zero attached hydrogens (tertiary/aromatic N) is 1. The van der Waals surface area contributed by atoms with E-state index in [1.807, 2.05) is 18.2 Å². The molecule has 2 aromatic rings. The molecule has 1 aromatic heterocycles. The predicted molar refractivity (Wildman–Crippen MR) is 65.7 cm³/mol. The third-order valence-electron chi connectivity index (χ3n) is 3.07. The van der Waals surface area contributed by atoms with E-state index in [2.05, 4.69) is 20.8 Å². The van der Waals surface area contributed by atoms with Crippen molar-refractivity contribution in [3.8, 4) is 0 Å². The molecule has 3 N–H and O–H groups in total. The number of carbonyl (C=O) groups is 1. The Morgan fingerprint density at radius 1 is 1.47 bits per heavy atom. The summed E-state index contributed by atoms with van der Waals surface area (Å²) in [5.41, 5.74) is 1.76. The normalized spacial score (nSPS) is 15.8. The first-order valence-electron chi connectivity index (χ1n) is 5.75. The minimum Gasteiger partial charge on any atom is -0.326 e. The lowest BCUT2D eigenvalue weighted by atomic mass is 9.99. The molecule has 88 valence electrons. The Labute approximate surface area is 98.6 Å². The monoisotopic (exact) mass is 230 g/mol. The third-order valence-corrected chi connectivity index (χ3v) is 3.07. The SMILES string of the molecule is O=C(CC1CNC1)Nc1ccc2cn[nH]c2c1. The second-order valence-corrected chi connectivity index (χ2v) is 4.45. The number of fused-ring (bicyclic) bond motifs is 1. The number of rotatable bonds is 3. The molecule has 0 spiro atoms. The molecule has 1 aromatic carbocycles. The molecule has 0 unspecified atom stereocenters. The molecule has 1 amide bonds. The minimum absolute atomic E-state index is 0.0790. The van der Waals surface area contributed by atoms with Crippen LogP contribution in [0.15, 0.2) is 24.4 Å². The lowest BCUT2D eigenvalue weighted by molar-refractivity contribution is -0.117. The summed E-state index contributed by atoms with van der Waals surface area (Å²) < 4.78 is 0. The molecule has 1 fully saturated rings. The van der Waals surface area contributed by atoms with Gasteiger partial charge in [0.15, 0.2) is 0 Å². The first-order chi connectivity index (χ1) is 8.31. The Morgan fingerprint density at radius 2 is 2.35 bits per heavy atom. The second kappa shape index (κ2) is 4.18. The molecule has 1 aliphatic heterocycles. The van der Waals surface area contributed by atoms with Gasteiger partial charge < -0.3 is 10.6 Å². The summed E-state index contributed by atoms with van der Waals surface area (Å²) in [7, 11) is 0. The predicted octanol–water partition coefficient (Wildman–Crippen LogP) is 1.11. The Bertz CT molecular complexity index is 544. The van der Waals surface area contributed by atoms with Crippen LogP contribution < -0.4 is 10.6 Å². The van der Waals surface area contributed by atoms with Crippen molar-refractivity contribution in [3.63, 3.8) is 0 Å². The zero-order valence-electron chi connectivity index (χ0n) is 9.36. The topological polar surface area (TPSA) is 69.8 Å². The van der Waals surface area contributed by atoms with Gasteiger partial charge >= 0.3 is 0 Å². The van der Waals surface area contributed by atoms with E-state index in [1.54, 1.807) is 6.20 Å². The summed E-state index contributed by atoms with van der Waals surface area (Å²) in [6.07, 6.45) is 2.36. The fourth-order valence-corrected chi connectivity index (χ4v) is 1.98. The zero-order valence-corrected chi connectivity index (χ0v) is 9.36. The van der Waals surface area contributed by atoms with Crippen molar-refractivity contribution in [2.75, 3.05) is 18.4 Å². The van der Waals surface area contributed by atoms with Crippen molar-refractivity contribution in [1.82, 2.24) is 15.5 Å². The van der Waals surface area contributed by atoms with Gasteiger partial charge in [-0.3, -0.25) is 9.89 Å². The molecular weight excluding hydrogens is 216 g/mol. The van der Waals surface area contributed by atoms with Crippen molar-refractivity contribution >= 4 is 22.5 Å². The molecule has 0 bridgehead atoms. The van der Waals surface area contributed by atoms with Crippen LogP contribution in [0.2, 0.25) is 0 Å². The number of aromatic nitrogens is 2. The van der Waals surface area contributed by atoms with Gasteiger partial charge in [-0.25, -0.2) is 0 Å². The van der Waals surface area contributed by atoms with Gasteiger partial charge in [-0.15, -0.1) is 0 Å². The highest BCUT2D eigenvalue weighted by atomic mass is 16.1. The van der Waals surface area contributed by atoms with Crippen LogP contribution in [0.25, 0.3) is 10.9 Å². The number of benzene rings is 1. The minimum atomic E-state index is 0.0790. The Kier molecular flexibility index (Phi) is 2.53. The summed E-state index contributed by atoms with van der Waals surface area (Å²) in [6, 6.07) is 5.74. The largest absolute Gasteiger partial charge is 0.326 e. The van der Waals surface area contributed by atoms with Gasteiger partial charge in [0, 0.05) is 17.5 Å². The summed E-state index contributed by atoms with van der Waals surface area (Å²) in [5.74, 6) is 0.571. The first kappa shape index (κ1) is 10.3. The summed E-state index contributed by atoms with van der Waals surface area (Å²) in [4.78, 5) is 11.7. The number of nitrogens with one attached hydrogen (secondary N) is 3. The molecule has 5 nitrogen and oxygen atoms in total. The number of hydrogen-bond acceptors (Lipinski definition) is 3. The van der Waals surface area contributed by atoms with Crippen molar-refractivity contribution in [2.45, 2.75) is 6.42 Å². The quantitative estimate of drug-likeness (QED) is 0.739. The molecule has 5 heteroatoms. The van der Waals surface area contributed by atoms with Gasteiger partial charge in [-0.05, 0) is 37.2 Å². The van der Waals surface area contributed by atoms with Crippen LogP contribution in [0.1, 0.15) is 6.42 Å². The van der Waals surface area contributed by atoms with E-state index in [0.29, 0.717) is 12.3 Å². The van der Waals surface area contributed by atoms with Crippen LogP contribution in [0.5, 0.6) is 0 Å². The fraction of sp³-hybridized carbons (Fsp3) is 0.333. The van der Waals surface area contributed by atoms with Gasteiger partial charge in [0.05, 0.1) is 11.7 Å². The van der Waals surface area contributed by atoms with Crippen molar-refractivity contribution in [1.29, 1.82) is 0 Å². The summed E-state index contributed by atoms with van der Waals surface area (Å²) >= 11 is 0. The average Bonchev–Trinajstić information content (AvgIpc) is 2.71. The maximum Gasteiger partial charge on any atom is 0.224 e. The number of anilines is 1. The number of aromatic amines is 1. The van der Waals surface area contributed by atoms with Crippen LogP contribution in [-0.4, -0.2) is 29.2 Å². The fourth-order valence-electron chi connectivity index (χ4n) is 1.98. The Morgan fingerprint density at radius 3 is 3.12 bits per heavy atom. The molecule has 0 saturated carbocycles. The molecule has 1 saturated heterocycles. The number of hydrogen-bond donors (Lipinski definition) is 3. The van der Waals surface area contributed by atoms with Crippen LogP contribution in [0.4, 0.5) is 5.69 Å². The highest BCUT2D eigenvalue weighted by Crippen LogP contribution is 2.17. The molecule has 2 heterocycles. The number of carbonyl (C=O) groups excluding carboxylic acids is 1. The zero-order chi connectivity index (χ0) is 11.7. The highest BCUT2D eigenvalue weighted by Gasteiger charge is 2.19. The van der Waals surface area contributed by atoms with Gasteiger partial charge in [-0.2, -0.15) is 5.10 Å². The van der Waals surface area contributed by atoms with Crippen LogP contribution in [-0.2, 0) is 4.79 Å². The molecule has 0 aliphatic carbocycles. The first-order valence-corrected chi connectivity index (χ1v) is 5.75. The van der Waals surface area contributed by atoms with Gasteiger partial charge in [0.2, 0.25) is 5.91 Å². The van der Waals surface area contributed by atoms with Gasteiger partial charge in [-0.1, -0.05) is 0 Å². The van der Waals surface area contributed by atoms with E-state index in [4.69, 9.17) is 0 Å². The molecule has 0 atom stereocenters. The smallest absolute Gasteiger partial charge is 0.224 e. The van der Waals surface area contributed by atoms with E-state index in [9.17, 15) is 4.79 Å². The maximum atomic E-state index is 11.7. The van der Waals surface area contributed by atoms with Crippen molar-refractivity contribution in [3.05, 3.63) is 24.4 Å². The summed E-state index contributed by atoms with van der Waals surface area (Å²) in [6.45, 7) is 1.90. The third kappa shape index (κ3) is 2.14. The van der Waals surface area contributed by atoms with E-state index < -0.39 is 0 Å². The maximum absolute atomic E-state index is 11.7. The van der Waals surface area contributed by atoms with Gasteiger partial charge in [0.25, 0.3) is 0 Å². The Balaban J connectivity index is 1.68. The van der Waals surface area contributed by atoms with E-state index in [0.717, 1.165) is 29.7 Å². The number of amides is 1. The Hall–Kier alpha value is -1.88. The lowest BCUT2D eigenvalue weighted by Crippen LogP contribution is -2.43. The molecular formula is C12H14N4O. The second-order valence-electron chi connectivity index (χ2n) is 4.45. The standard InChI is InChI=1S/C12H14N4O/c17-12(3-8-5-13-6-8)15-10-2-1-9-7-14-16-11(9)4-10/h1-2,4,7-8,13H,3,5-6H2,(H,14,16)(H,15,17). The van der Waals surface area contributed by atoms with E-state index in [-0.39, 0.29) is 5.91 Å². The van der Waals surface area contributed by atoms with E-state index >= 15 is 0 Å². The van der Waals surface area contributed by atoms with Crippen molar-refractivity contribution < 1.29 is 4.79 Å². The molecule has 0 radical (unpaired) electrons. The average molecular weight is 230 g/mol. The molecule has 1 aliphatic rings. The van der Waals surface area contributed by atoms with Crippen LogP contribution in [0.3, 0.4) is 0 Å². The highest BCUT2D eigenvalue weighted by molar-refractivity contribution is 5.93. The molecule has 3 rings (SSSR count). The number of H-pyrrole nitrogens is 1. The molecule has 17 heavy (non-hydrogen) atoms. The van der Waals surface area contributed by atoms with Crippen LogP contribution >= 0.6 is 0 Å². The van der Waals surface area contributed by atoms with Crippen molar-refractivity contribution in [2.24, 2.45) is 5.92 Å². The van der Waals surface area contributed by atoms with Gasteiger partial charge in [0.1, 0.15) is 0 Å². The van der Waals surface area contributed by atoms with Crippen LogP contribution in [0, 0.1) is 5.92 Å². The summed E-state index contributed by atoms with van der Waals surface area (Å²) in [5, 5.41) is 13.9. The van der Waals surface area contributed by atoms with E-state index in [1.165, 1.54) is 0 Å². The lowest BCUT2D eigenvalue weighted by Gasteiger charge is -2.26.